The lowest BCUT2D eigenvalue weighted by molar-refractivity contribution is 0.599. The number of benzene rings is 3. The van der Waals surface area contributed by atoms with E-state index in [0.29, 0.717) is 17.1 Å². The van der Waals surface area contributed by atoms with Crippen molar-refractivity contribution in [1.29, 1.82) is 0 Å². The van der Waals surface area contributed by atoms with Crippen molar-refractivity contribution in [1.82, 2.24) is 0 Å². The molecule has 7 heteroatoms. The summed E-state index contributed by atoms with van der Waals surface area (Å²) < 4.78 is 53.4. The van der Waals surface area contributed by atoms with E-state index in [1.807, 2.05) is 0 Å². The number of hydrogen-bond donors (Lipinski definition) is 2. The summed E-state index contributed by atoms with van der Waals surface area (Å²) >= 11 is 0. The first-order valence-corrected chi connectivity index (χ1v) is 8.82. The van der Waals surface area contributed by atoms with Gasteiger partial charge in [-0.05, 0) is 60.7 Å². The molecule has 25 heavy (non-hydrogen) atoms. The van der Waals surface area contributed by atoms with Gasteiger partial charge in [-0.3, -0.25) is 4.72 Å². The van der Waals surface area contributed by atoms with E-state index in [4.69, 9.17) is 0 Å². The maximum absolute atomic E-state index is 13.6. The Bertz CT molecular complexity index is 973. The van der Waals surface area contributed by atoms with Crippen LogP contribution in [0, 0.1) is 11.6 Å². The molecule has 0 saturated heterocycles. The number of hydrogen-bond acceptors (Lipinski definition) is 3. The van der Waals surface area contributed by atoms with E-state index in [1.165, 1.54) is 18.2 Å². The van der Waals surface area contributed by atoms with Crippen LogP contribution in [0.3, 0.4) is 0 Å². The summed E-state index contributed by atoms with van der Waals surface area (Å²) in [5, 5.41) is 2.91. The van der Waals surface area contributed by atoms with Crippen LogP contribution >= 0.6 is 0 Å². The molecule has 0 fully saturated rings. The highest BCUT2D eigenvalue weighted by molar-refractivity contribution is 7.92. The molecular formula is C18H14F2N2O2S. The third kappa shape index (κ3) is 4.13. The first-order valence-electron chi connectivity index (χ1n) is 7.34. The Balaban J connectivity index is 1.74. The topological polar surface area (TPSA) is 58.2 Å². The Morgan fingerprint density at radius 1 is 0.720 bits per heavy atom. The summed E-state index contributed by atoms with van der Waals surface area (Å²) in [5.74, 6) is -0.897. The molecule has 0 amide bonds. The van der Waals surface area contributed by atoms with Crippen LogP contribution in [0.4, 0.5) is 25.8 Å². The lowest BCUT2D eigenvalue weighted by atomic mass is 10.2. The summed E-state index contributed by atoms with van der Waals surface area (Å²) in [4.78, 5) is -0.0394. The summed E-state index contributed by atoms with van der Waals surface area (Å²) in [7, 11) is -3.81. The zero-order valence-electron chi connectivity index (χ0n) is 12.9. The lowest BCUT2D eigenvalue weighted by Gasteiger charge is -2.10. The largest absolute Gasteiger partial charge is 0.353 e. The molecule has 0 radical (unpaired) electrons. The van der Waals surface area contributed by atoms with E-state index in [0.717, 1.165) is 12.1 Å². The normalized spacial score (nSPS) is 11.1. The smallest absolute Gasteiger partial charge is 0.261 e. The van der Waals surface area contributed by atoms with Gasteiger partial charge >= 0.3 is 0 Å². The SMILES string of the molecule is O=S(=O)(Nc1ccc(Nc2ccccc2F)cc1)c1ccc(F)cc1. The Hall–Kier alpha value is -2.93. The highest BCUT2D eigenvalue weighted by Crippen LogP contribution is 2.22. The molecule has 0 aliphatic carbocycles. The van der Waals surface area contributed by atoms with Crippen molar-refractivity contribution in [2.75, 3.05) is 10.0 Å². The van der Waals surface area contributed by atoms with Gasteiger partial charge in [-0.2, -0.15) is 0 Å². The maximum Gasteiger partial charge on any atom is 0.261 e. The molecule has 0 aromatic heterocycles. The van der Waals surface area contributed by atoms with E-state index >= 15 is 0 Å². The molecule has 0 atom stereocenters. The van der Waals surface area contributed by atoms with Crippen LogP contribution < -0.4 is 10.0 Å². The molecule has 0 heterocycles. The fourth-order valence-electron chi connectivity index (χ4n) is 2.17. The van der Waals surface area contributed by atoms with Crippen molar-refractivity contribution in [3.63, 3.8) is 0 Å². The first-order chi connectivity index (χ1) is 11.9. The average molecular weight is 360 g/mol. The third-order valence-electron chi connectivity index (χ3n) is 3.41. The van der Waals surface area contributed by atoms with Crippen LogP contribution in [0.1, 0.15) is 0 Å². The molecule has 0 saturated carbocycles. The van der Waals surface area contributed by atoms with Crippen molar-refractivity contribution in [3.8, 4) is 0 Å². The van der Waals surface area contributed by atoms with Gasteiger partial charge in [0.25, 0.3) is 10.0 Å². The average Bonchev–Trinajstić information content (AvgIpc) is 2.59. The number of para-hydroxylation sites is 1. The van der Waals surface area contributed by atoms with Gasteiger partial charge in [-0.25, -0.2) is 17.2 Å². The van der Waals surface area contributed by atoms with Crippen LogP contribution in [-0.4, -0.2) is 8.42 Å². The van der Waals surface area contributed by atoms with Gasteiger partial charge in [0.15, 0.2) is 0 Å². The number of anilines is 3. The van der Waals surface area contributed by atoms with Gasteiger partial charge in [0.1, 0.15) is 11.6 Å². The van der Waals surface area contributed by atoms with Crippen molar-refractivity contribution in [2.45, 2.75) is 4.90 Å². The van der Waals surface area contributed by atoms with Crippen molar-refractivity contribution in [3.05, 3.63) is 84.4 Å². The molecule has 0 unspecified atom stereocenters. The van der Waals surface area contributed by atoms with Crippen LogP contribution in [0.2, 0.25) is 0 Å². The van der Waals surface area contributed by atoms with E-state index in [2.05, 4.69) is 10.0 Å². The van der Waals surface area contributed by atoms with Crippen molar-refractivity contribution < 1.29 is 17.2 Å². The van der Waals surface area contributed by atoms with Crippen molar-refractivity contribution in [2.24, 2.45) is 0 Å². The molecule has 3 aromatic rings. The van der Waals surface area contributed by atoms with Crippen molar-refractivity contribution >= 4 is 27.1 Å². The minimum absolute atomic E-state index is 0.0394. The van der Waals surface area contributed by atoms with E-state index < -0.39 is 15.8 Å². The minimum Gasteiger partial charge on any atom is -0.353 e. The highest BCUT2D eigenvalue weighted by atomic mass is 32.2. The Morgan fingerprint density at radius 2 is 1.32 bits per heavy atom. The zero-order chi connectivity index (χ0) is 17.9. The quantitative estimate of drug-likeness (QED) is 0.704. The fourth-order valence-corrected chi connectivity index (χ4v) is 3.23. The Morgan fingerprint density at radius 3 is 1.96 bits per heavy atom. The molecule has 0 spiro atoms. The van der Waals surface area contributed by atoms with Gasteiger partial charge < -0.3 is 5.32 Å². The predicted molar refractivity (Wildman–Crippen MR) is 93.3 cm³/mol. The molecule has 3 rings (SSSR count). The molecule has 3 aromatic carbocycles. The van der Waals surface area contributed by atoms with Gasteiger partial charge in [0.2, 0.25) is 0 Å². The summed E-state index contributed by atoms with van der Waals surface area (Å²) in [6.45, 7) is 0. The number of halogens is 2. The number of sulfonamides is 1. The zero-order valence-corrected chi connectivity index (χ0v) is 13.7. The lowest BCUT2D eigenvalue weighted by Crippen LogP contribution is -2.12. The second kappa shape index (κ2) is 6.90. The third-order valence-corrected chi connectivity index (χ3v) is 4.81. The number of nitrogens with one attached hydrogen (secondary N) is 2. The molecule has 0 bridgehead atoms. The monoisotopic (exact) mass is 360 g/mol. The van der Waals surface area contributed by atoms with Gasteiger partial charge in [-0.1, -0.05) is 12.1 Å². The minimum atomic E-state index is -3.81. The molecule has 0 aliphatic heterocycles. The van der Waals surface area contributed by atoms with Crippen LogP contribution in [0.5, 0.6) is 0 Å². The van der Waals surface area contributed by atoms with E-state index in [1.54, 1.807) is 42.5 Å². The van der Waals surface area contributed by atoms with E-state index in [9.17, 15) is 17.2 Å². The second-order valence-electron chi connectivity index (χ2n) is 5.24. The Labute approximate surface area is 144 Å². The highest BCUT2D eigenvalue weighted by Gasteiger charge is 2.14. The van der Waals surface area contributed by atoms with Gasteiger partial charge in [-0.15, -0.1) is 0 Å². The number of rotatable bonds is 5. The maximum atomic E-state index is 13.6. The molecule has 2 N–H and O–H groups in total. The van der Waals surface area contributed by atoms with E-state index in [-0.39, 0.29) is 10.7 Å². The van der Waals surface area contributed by atoms with Gasteiger partial charge in [0.05, 0.1) is 10.6 Å². The fraction of sp³-hybridized carbons (Fsp3) is 0. The standard InChI is InChI=1S/C18H14F2N2O2S/c19-13-5-11-16(12-6-13)25(23,24)22-15-9-7-14(8-10-15)21-18-4-2-1-3-17(18)20/h1-12,21-22H. The van der Waals surface area contributed by atoms with Gasteiger partial charge in [0, 0.05) is 11.4 Å². The summed E-state index contributed by atoms with van der Waals surface area (Å²) in [5.41, 5.74) is 1.26. The molecular weight excluding hydrogens is 346 g/mol. The summed E-state index contributed by atoms with van der Waals surface area (Å²) in [6.07, 6.45) is 0. The first kappa shape index (κ1) is 16.9. The molecule has 0 aliphatic rings. The van der Waals surface area contributed by atoms with Crippen LogP contribution in [0.25, 0.3) is 0 Å². The molecule has 4 nitrogen and oxygen atoms in total. The second-order valence-corrected chi connectivity index (χ2v) is 6.92. The van der Waals surface area contributed by atoms with Crippen LogP contribution in [0.15, 0.2) is 77.7 Å². The Kier molecular flexibility index (Phi) is 4.67. The van der Waals surface area contributed by atoms with Crippen LogP contribution in [-0.2, 0) is 10.0 Å². The molecule has 128 valence electrons. The predicted octanol–water partition coefficient (Wildman–Crippen LogP) is 4.51. The summed E-state index contributed by atoms with van der Waals surface area (Å²) in [6, 6.07) is 17.1.